The summed E-state index contributed by atoms with van der Waals surface area (Å²) in [7, 11) is -1.46. The molecule has 0 spiro atoms. The van der Waals surface area contributed by atoms with E-state index in [0.717, 1.165) is 37.1 Å². The van der Waals surface area contributed by atoms with Crippen molar-refractivity contribution < 1.29 is 14.3 Å². The van der Waals surface area contributed by atoms with E-state index in [4.69, 9.17) is 14.3 Å². The average Bonchev–Trinajstić information content (AvgIpc) is 2.91. The van der Waals surface area contributed by atoms with Crippen molar-refractivity contribution >= 4 is 24.2 Å². The van der Waals surface area contributed by atoms with E-state index in [1.54, 1.807) is 0 Å². The van der Waals surface area contributed by atoms with Gasteiger partial charge in [0.15, 0.2) is 8.32 Å². The zero-order valence-corrected chi connectivity index (χ0v) is 28.7. The quantitative estimate of drug-likeness (QED) is 0.145. The summed E-state index contributed by atoms with van der Waals surface area (Å²) in [5, 5.41) is 10.1. The van der Waals surface area contributed by atoms with Crippen molar-refractivity contribution in [1.29, 1.82) is 0 Å². The number of halogens is 1. The second kappa shape index (κ2) is 21.7. The standard InChI is InChI=1S/C14H22O.C11H16O.C8H19BrOSi.CH4/c1-4-10-15-11-13-6-8-14(9-7-13)12(3)5-2;1-3-9(2)11-6-4-10(8-12)5-7-11;1-8(2,3)11(4,5)10-7-6-9;/h6-9,12H,4-5,10-11H2,1-3H3;4-7,9,12H,3,8H2,1-2H3;6-7H2,1-5H3;1H4. The van der Waals surface area contributed by atoms with Crippen LogP contribution in [0, 0.1) is 0 Å². The van der Waals surface area contributed by atoms with Crippen molar-refractivity contribution in [2.45, 2.75) is 125 Å². The summed E-state index contributed by atoms with van der Waals surface area (Å²) in [6, 6.07) is 17.0. The molecule has 0 fully saturated rings. The number of ether oxygens (including phenoxy) is 1. The van der Waals surface area contributed by atoms with Crippen LogP contribution in [-0.2, 0) is 22.4 Å². The summed E-state index contributed by atoms with van der Waals surface area (Å²) >= 11 is 3.37. The van der Waals surface area contributed by atoms with E-state index in [1.807, 2.05) is 12.1 Å². The fourth-order valence-electron chi connectivity index (χ4n) is 3.21. The van der Waals surface area contributed by atoms with Gasteiger partial charge in [-0.05, 0) is 71.5 Å². The van der Waals surface area contributed by atoms with E-state index in [1.165, 1.54) is 29.5 Å². The molecule has 0 aliphatic carbocycles. The van der Waals surface area contributed by atoms with Gasteiger partial charge in [0, 0.05) is 18.5 Å². The monoisotopic (exact) mass is 624 g/mol. The maximum absolute atomic E-state index is 8.82. The Kier molecular flexibility index (Phi) is 22.4. The molecule has 0 aliphatic rings. The predicted octanol–water partition coefficient (Wildman–Crippen LogP) is 10.9. The Labute approximate surface area is 252 Å². The highest BCUT2D eigenvalue weighted by molar-refractivity contribution is 9.09. The van der Waals surface area contributed by atoms with Gasteiger partial charge in [-0.2, -0.15) is 0 Å². The Balaban J connectivity index is 0. The number of rotatable bonds is 12. The van der Waals surface area contributed by atoms with Gasteiger partial charge < -0.3 is 14.3 Å². The highest BCUT2D eigenvalue weighted by Gasteiger charge is 2.36. The van der Waals surface area contributed by atoms with E-state index in [2.05, 4.69) is 121 Å². The molecule has 0 bridgehead atoms. The summed E-state index contributed by atoms with van der Waals surface area (Å²) < 4.78 is 11.3. The zero-order chi connectivity index (χ0) is 29.2. The van der Waals surface area contributed by atoms with Crippen molar-refractivity contribution in [1.82, 2.24) is 0 Å². The van der Waals surface area contributed by atoms with E-state index >= 15 is 0 Å². The first-order chi connectivity index (χ1) is 17.9. The minimum atomic E-state index is -1.46. The molecule has 0 amide bonds. The van der Waals surface area contributed by atoms with Crippen LogP contribution in [0.1, 0.15) is 116 Å². The summed E-state index contributed by atoms with van der Waals surface area (Å²) in [4.78, 5) is 0. The van der Waals surface area contributed by atoms with Crippen LogP contribution in [0.5, 0.6) is 0 Å². The fourth-order valence-corrected chi connectivity index (χ4v) is 4.72. The first-order valence-electron chi connectivity index (χ1n) is 14.4. The van der Waals surface area contributed by atoms with E-state index in [0.29, 0.717) is 16.9 Å². The molecule has 2 unspecified atom stereocenters. The summed E-state index contributed by atoms with van der Waals surface area (Å²) in [5.74, 6) is 1.29. The molecule has 0 radical (unpaired) electrons. The normalized spacial score (nSPS) is 12.7. The molecule has 0 heterocycles. The van der Waals surface area contributed by atoms with E-state index in [-0.39, 0.29) is 14.0 Å². The third kappa shape index (κ3) is 16.8. The summed E-state index contributed by atoms with van der Waals surface area (Å²) in [6.07, 6.45) is 3.45. The van der Waals surface area contributed by atoms with Gasteiger partial charge in [0.2, 0.25) is 0 Å². The maximum Gasteiger partial charge on any atom is 0.192 e. The molecule has 2 rings (SSSR count). The van der Waals surface area contributed by atoms with Gasteiger partial charge in [-0.3, -0.25) is 0 Å². The molecule has 226 valence electrons. The molecular formula is C34H61BrO3Si. The van der Waals surface area contributed by atoms with Gasteiger partial charge in [0.05, 0.1) is 13.2 Å². The average molecular weight is 626 g/mol. The minimum Gasteiger partial charge on any atom is -0.416 e. The van der Waals surface area contributed by atoms with E-state index < -0.39 is 8.32 Å². The number of aliphatic hydroxyl groups is 1. The lowest BCUT2D eigenvalue weighted by molar-refractivity contribution is 0.121. The van der Waals surface area contributed by atoms with Gasteiger partial charge in [-0.25, -0.2) is 0 Å². The molecule has 2 aromatic carbocycles. The number of benzene rings is 2. The summed E-state index contributed by atoms with van der Waals surface area (Å²) in [5.41, 5.74) is 5.05. The molecular weight excluding hydrogens is 564 g/mol. The third-order valence-electron chi connectivity index (χ3n) is 7.47. The van der Waals surface area contributed by atoms with Crippen molar-refractivity contribution in [3.05, 3.63) is 70.8 Å². The van der Waals surface area contributed by atoms with Gasteiger partial charge in [-0.1, -0.05) is 127 Å². The van der Waals surface area contributed by atoms with Gasteiger partial charge in [-0.15, -0.1) is 0 Å². The largest absolute Gasteiger partial charge is 0.416 e. The minimum absolute atomic E-state index is 0. The van der Waals surface area contributed by atoms with Crippen molar-refractivity contribution in [3.8, 4) is 0 Å². The Morgan fingerprint density at radius 1 is 0.795 bits per heavy atom. The Morgan fingerprint density at radius 2 is 1.23 bits per heavy atom. The van der Waals surface area contributed by atoms with E-state index in [9.17, 15) is 0 Å². The highest BCUT2D eigenvalue weighted by atomic mass is 79.9. The Morgan fingerprint density at radius 3 is 1.56 bits per heavy atom. The molecule has 2 aromatic rings. The number of hydrogen-bond acceptors (Lipinski definition) is 3. The number of alkyl halides is 1. The second-order valence-electron chi connectivity index (χ2n) is 11.6. The fraction of sp³-hybridized carbons (Fsp3) is 0.647. The van der Waals surface area contributed by atoms with Crippen LogP contribution in [0.4, 0.5) is 0 Å². The lowest BCUT2D eigenvalue weighted by Gasteiger charge is -2.35. The molecule has 0 saturated heterocycles. The molecule has 1 N–H and O–H groups in total. The second-order valence-corrected chi connectivity index (χ2v) is 17.2. The number of hydrogen-bond donors (Lipinski definition) is 1. The van der Waals surface area contributed by atoms with Crippen LogP contribution in [0.2, 0.25) is 18.1 Å². The SMILES string of the molecule is C.CC(C)(C)[Si](C)(C)OCCBr.CCC(C)c1ccc(CO)cc1.CCCOCc1ccc(C(C)CC)cc1. The van der Waals surface area contributed by atoms with Crippen molar-refractivity contribution in [2.24, 2.45) is 0 Å². The van der Waals surface area contributed by atoms with Gasteiger partial charge in [0.1, 0.15) is 0 Å². The predicted molar refractivity (Wildman–Crippen MR) is 180 cm³/mol. The van der Waals surface area contributed by atoms with Crippen LogP contribution in [-0.4, -0.2) is 32.0 Å². The number of aliphatic hydroxyl groups excluding tert-OH is 1. The first kappa shape index (κ1) is 40.2. The Hall–Kier alpha value is -0.983. The van der Waals surface area contributed by atoms with Crippen molar-refractivity contribution in [3.63, 3.8) is 0 Å². The smallest absolute Gasteiger partial charge is 0.192 e. The molecule has 2 atom stereocenters. The van der Waals surface area contributed by atoms with Crippen LogP contribution < -0.4 is 0 Å². The Bertz CT molecular complexity index is 829. The molecule has 5 heteroatoms. The van der Waals surface area contributed by atoms with Crippen LogP contribution in [0.25, 0.3) is 0 Å². The molecule has 3 nitrogen and oxygen atoms in total. The lowest BCUT2D eigenvalue weighted by atomic mass is 9.98. The summed E-state index contributed by atoms with van der Waals surface area (Å²) in [6.45, 7) is 24.9. The third-order valence-corrected chi connectivity index (χ3v) is 12.3. The van der Waals surface area contributed by atoms with Crippen LogP contribution >= 0.6 is 15.9 Å². The van der Waals surface area contributed by atoms with Crippen LogP contribution in [0.15, 0.2) is 48.5 Å². The molecule has 39 heavy (non-hydrogen) atoms. The highest BCUT2D eigenvalue weighted by Crippen LogP contribution is 2.36. The molecule has 0 saturated carbocycles. The first-order valence-corrected chi connectivity index (χ1v) is 18.5. The van der Waals surface area contributed by atoms with Crippen LogP contribution in [0.3, 0.4) is 0 Å². The lowest BCUT2D eigenvalue weighted by Crippen LogP contribution is -2.41. The van der Waals surface area contributed by atoms with Crippen molar-refractivity contribution in [2.75, 3.05) is 18.5 Å². The zero-order valence-electron chi connectivity index (χ0n) is 26.1. The topological polar surface area (TPSA) is 38.7 Å². The van der Waals surface area contributed by atoms with Gasteiger partial charge in [0.25, 0.3) is 0 Å². The maximum atomic E-state index is 8.82. The molecule has 0 aliphatic heterocycles. The van der Waals surface area contributed by atoms with Gasteiger partial charge >= 0.3 is 0 Å². The molecule has 0 aromatic heterocycles.